The van der Waals surface area contributed by atoms with E-state index in [-0.39, 0.29) is 28.8 Å². The molecule has 3 amide bonds. The molecule has 31 heavy (non-hydrogen) atoms. The molecule has 8 nitrogen and oxygen atoms in total. The highest BCUT2D eigenvalue weighted by Gasteiger charge is 2.34. The van der Waals surface area contributed by atoms with Gasteiger partial charge in [-0.15, -0.1) is 0 Å². The molecule has 164 valence electrons. The van der Waals surface area contributed by atoms with Gasteiger partial charge in [0.05, 0.1) is 6.07 Å². The molecule has 1 aromatic rings. The molecule has 0 saturated carbocycles. The quantitative estimate of drug-likeness (QED) is 0.572. The van der Waals surface area contributed by atoms with Gasteiger partial charge < -0.3 is 10.6 Å². The van der Waals surface area contributed by atoms with Gasteiger partial charge in [0.2, 0.25) is 11.8 Å². The maximum absolute atomic E-state index is 13.9. The largest absolute Gasteiger partial charge is 0.356 e. The molecule has 0 aromatic heterocycles. The van der Waals surface area contributed by atoms with Gasteiger partial charge in [-0.3, -0.25) is 19.4 Å². The van der Waals surface area contributed by atoms with Gasteiger partial charge in [0.25, 0.3) is 5.91 Å². The second kappa shape index (κ2) is 10.4. The van der Waals surface area contributed by atoms with Crippen LogP contribution in [0.5, 0.6) is 0 Å². The Morgan fingerprint density at radius 1 is 1.39 bits per heavy atom. The minimum Gasteiger partial charge on any atom is -0.356 e. The van der Waals surface area contributed by atoms with Gasteiger partial charge in [-0.2, -0.15) is 5.26 Å². The summed E-state index contributed by atoms with van der Waals surface area (Å²) in [7, 11) is 0. The number of nitrogens with zero attached hydrogens (tertiary/aromatic N) is 2. The van der Waals surface area contributed by atoms with Crippen LogP contribution in [0.2, 0.25) is 5.02 Å². The fourth-order valence-electron chi connectivity index (χ4n) is 3.66. The monoisotopic (exact) mass is 447 g/mol. The number of halogens is 2. The Morgan fingerprint density at radius 3 is 2.87 bits per heavy atom. The Hall–Kier alpha value is -2.96. The van der Waals surface area contributed by atoms with Gasteiger partial charge in [-0.05, 0) is 43.9 Å². The number of hydrogen-bond donors (Lipinski definition) is 3. The van der Waals surface area contributed by atoms with E-state index in [4.69, 9.17) is 11.6 Å². The maximum Gasteiger partial charge on any atom is 0.261 e. The molecule has 1 unspecified atom stereocenters. The van der Waals surface area contributed by atoms with Crippen LogP contribution in [0, 0.1) is 23.1 Å². The zero-order chi connectivity index (χ0) is 22.4. The predicted molar refractivity (Wildman–Crippen MR) is 112 cm³/mol. The van der Waals surface area contributed by atoms with E-state index in [1.54, 1.807) is 0 Å². The average molecular weight is 448 g/mol. The first-order valence-corrected chi connectivity index (χ1v) is 10.4. The molecule has 0 spiro atoms. The number of nitriles is 1. The molecule has 2 aliphatic rings. The van der Waals surface area contributed by atoms with E-state index in [1.807, 2.05) is 6.07 Å². The third-order valence-electron chi connectivity index (χ3n) is 5.31. The molecule has 0 aliphatic carbocycles. The van der Waals surface area contributed by atoms with E-state index in [0.29, 0.717) is 32.4 Å². The van der Waals surface area contributed by atoms with Crippen LogP contribution >= 0.6 is 11.6 Å². The van der Waals surface area contributed by atoms with Gasteiger partial charge in [0.15, 0.2) is 0 Å². The Bertz CT molecular complexity index is 932. The fourth-order valence-corrected chi connectivity index (χ4v) is 3.82. The van der Waals surface area contributed by atoms with Gasteiger partial charge in [0.1, 0.15) is 17.9 Å². The zero-order valence-corrected chi connectivity index (χ0v) is 17.5. The van der Waals surface area contributed by atoms with E-state index in [2.05, 4.69) is 16.1 Å². The normalized spacial score (nSPS) is 22.1. The second-order valence-electron chi connectivity index (χ2n) is 7.48. The lowest BCUT2D eigenvalue weighted by Crippen LogP contribution is -2.59. The van der Waals surface area contributed by atoms with Crippen LogP contribution in [-0.4, -0.2) is 47.9 Å². The molecule has 0 radical (unpaired) electrons. The van der Waals surface area contributed by atoms with Crippen LogP contribution < -0.4 is 16.1 Å². The fraction of sp³-hybridized carbons (Fsp3) is 0.429. The van der Waals surface area contributed by atoms with Crippen LogP contribution in [0.25, 0.3) is 6.08 Å². The van der Waals surface area contributed by atoms with Crippen molar-refractivity contribution in [3.8, 4) is 6.07 Å². The second-order valence-corrected chi connectivity index (χ2v) is 7.91. The summed E-state index contributed by atoms with van der Waals surface area (Å²) in [4.78, 5) is 37.2. The molecular weight excluding hydrogens is 425 g/mol. The van der Waals surface area contributed by atoms with E-state index < -0.39 is 29.7 Å². The number of hydrazine groups is 1. The number of carbonyl (C=O) groups excluding carboxylic acids is 3. The van der Waals surface area contributed by atoms with Crippen molar-refractivity contribution >= 4 is 35.4 Å². The van der Waals surface area contributed by atoms with Crippen molar-refractivity contribution in [2.24, 2.45) is 5.92 Å². The third-order valence-corrected chi connectivity index (χ3v) is 5.55. The van der Waals surface area contributed by atoms with Gasteiger partial charge in [0, 0.05) is 35.7 Å². The molecule has 10 heteroatoms. The predicted octanol–water partition coefficient (Wildman–Crippen LogP) is 1.52. The molecular formula is C21H23ClFN5O3. The summed E-state index contributed by atoms with van der Waals surface area (Å²) in [5.41, 5.74) is 3.08. The van der Waals surface area contributed by atoms with Crippen molar-refractivity contribution in [1.29, 1.82) is 5.26 Å². The molecule has 1 aromatic carbocycles. The zero-order valence-electron chi connectivity index (χ0n) is 16.7. The number of rotatable bonds is 6. The van der Waals surface area contributed by atoms with Crippen molar-refractivity contribution in [2.45, 2.75) is 37.8 Å². The number of hydrogen-bond acceptors (Lipinski definition) is 5. The van der Waals surface area contributed by atoms with E-state index in [0.717, 1.165) is 6.07 Å². The summed E-state index contributed by atoms with van der Waals surface area (Å²) in [6.45, 7) is 1.06. The van der Waals surface area contributed by atoms with Crippen molar-refractivity contribution in [1.82, 2.24) is 21.1 Å². The van der Waals surface area contributed by atoms with E-state index in [9.17, 15) is 24.0 Å². The smallest absolute Gasteiger partial charge is 0.261 e. The highest BCUT2D eigenvalue weighted by molar-refractivity contribution is 6.30. The van der Waals surface area contributed by atoms with Crippen LogP contribution in [0.3, 0.4) is 0 Å². The Balaban J connectivity index is 1.65. The average Bonchev–Trinajstić information content (AvgIpc) is 3.16. The van der Waals surface area contributed by atoms with Crippen LogP contribution in [-0.2, 0) is 14.4 Å². The molecule has 3 rings (SSSR count). The van der Waals surface area contributed by atoms with Crippen LogP contribution in [0.4, 0.5) is 4.39 Å². The molecule has 3 atom stereocenters. The SMILES string of the molecule is N#CC(C[C@@H]1CCNC1=O)NC(=O)[C@@H]1CCCNN1C(=O)/C=C/c1ccc(Cl)cc1F. The first-order valence-electron chi connectivity index (χ1n) is 10.1. The van der Waals surface area contributed by atoms with Crippen LogP contribution in [0.1, 0.15) is 31.2 Å². The number of amides is 3. The molecule has 2 aliphatic heterocycles. The lowest BCUT2D eigenvalue weighted by Gasteiger charge is -2.35. The highest BCUT2D eigenvalue weighted by Crippen LogP contribution is 2.18. The minimum absolute atomic E-state index is 0.120. The minimum atomic E-state index is -0.834. The lowest BCUT2D eigenvalue weighted by molar-refractivity contribution is -0.143. The van der Waals surface area contributed by atoms with Crippen LogP contribution in [0.15, 0.2) is 24.3 Å². The Morgan fingerprint density at radius 2 is 2.19 bits per heavy atom. The summed E-state index contributed by atoms with van der Waals surface area (Å²) in [6.07, 6.45) is 4.41. The van der Waals surface area contributed by atoms with Gasteiger partial charge in [-0.25, -0.2) is 9.82 Å². The summed E-state index contributed by atoms with van der Waals surface area (Å²) in [5, 5.41) is 16.2. The highest BCUT2D eigenvalue weighted by atomic mass is 35.5. The van der Waals surface area contributed by atoms with Crippen molar-refractivity contribution in [2.75, 3.05) is 13.1 Å². The molecule has 2 fully saturated rings. The summed E-state index contributed by atoms with van der Waals surface area (Å²) in [5.74, 6) is -1.99. The number of benzene rings is 1. The summed E-state index contributed by atoms with van der Waals surface area (Å²) >= 11 is 5.73. The molecule has 2 saturated heterocycles. The Kier molecular flexibility index (Phi) is 7.60. The maximum atomic E-state index is 13.9. The molecule has 2 heterocycles. The van der Waals surface area contributed by atoms with Gasteiger partial charge >= 0.3 is 0 Å². The first-order chi connectivity index (χ1) is 14.9. The third kappa shape index (κ3) is 5.81. The van der Waals surface area contributed by atoms with E-state index >= 15 is 0 Å². The number of carbonyl (C=O) groups is 3. The lowest BCUT2D eigenvalue weighted by atomic mass is 9.98. The molecule has 3 N–H and O–H groups in total. The first kappa shape index (κ1) is 22.7. The number of nitrogens with one attached hydrogen (secondary N) is 3. The molecule has 0 bridgehead atoms. The summed E-state index contributed by atoms with van der Waals surface area (Å²) in [6, 6.07) is 4.47. The summed E-state index contributed by atoms with van der Waals surface area (Å²) < 4.78 is 13.9. The van der Waals surface area contributed by atoms with E-state index in [1.165, 1.54) is 29.3 Å². The Labute approximate surface area is 184 Å². The van der Waals surface area contributed by atoms with Crippen molar-refractivity contribution in [3.05, 3.63) is 40.7 Å². The topological polar surface area (TPSA) is 114 Å². The standard InChI is InChI=1S/C21H23ClFN5O3/c22-15-5-3-13(17(23)11-15)4-6-19(29)28-18(2-1-8-26-28)21(31)27-16(12-24)10-14-7-9-25-20(14)30/h3-6,11,14,16,18,26H,1-2,7-10H2,(H,25,30)(H,27,31)/b6-4+/t14-,16?,18-/m0/s1. The van der Waals surface area contributed by atoms with Gasteiger partial charge in [-0.1, -0.05) is 17.7 Å². The van der Waals surface area contributed by atoms with Crippen molar-refractivity contribution in [3.63, 3.8) is 0 Å². The van der Waals surface area contributed by atoms with Crippen molar-refractivity contribution < 1.29 is 18.8 Å².